The van der Waals surface area contributed by atoms with E-state index in [4.69, 9.17) is 28.4 Å². The number of aliphatic hydroxyl groups excluding tert-OH is 5. The van der Waals surface area contributed by atoms with Crippen LogP contribution in [-0.4, -0.2) is 129 Å². The number of benzene rings is 1. The minimum Gasteiger partial charge on any atom is -0.479 e. The number of aliphatic hydroxyl groups is 5. The van der Waals surface area contributed by atoms with Gasteiger partial charge in [0.1, 0.15) is 36.6 Å². The van der Waals surface area contributed by atoms with Crippen molar-refractivity contribution in [2.75, 3.05) is 6.61 Å². The molecule has 1 saturated carbocycles. The van der Waals surface area contributed by atoms with Crippen molar-refractivity contribution in [3.05, 3.63) is 35.9 Å². The molecule has 43 heavy (non-hydrogen) atoms. The Morgan fingerprint density at radius 3 is 2.14 bits per heavy atom. The second-order valence-electron chi connectivity index (χ2n) is 11.5. The van der Waals surface area contributed by atoms with E-state index < -0.39 is 98.3 Å². The zero-order valence-electron chi connectivity index (χ0n) is 23.5. The van der Waals surface area contributed by atoms with Gasteiger partial charge in [-0.05, 0) is 24.8 Å². The molecule has 2 bridgehead atoms. The monoisotopic (exact) mass is 612 g/mol. The minimum atomic E-state index is -1.59. The second kappa shape index (κ2) is 14.2. The van der Waals surface area contributed by atoms with Crippen molar-refractivity contribution in [1.29, 1.82) is 0 Å². The first-order valence-corrected chi connectivity index (χ1v) is 14.7. The van der Waals surface area contributed by atoms with E-state index in [1.165, 1.54) is 0 Å². The van der Waals surface area contributed by atoms with E-state index in [-0.39, 0.29) is 19.3 Å². The Kier molecular flexibility index (Phi) is 10.7. The van der Waals surface area contributed by atoms with Crippen LogP contribution >= 0.6 is 0 Å². The third kappa shape index (κ3) is 7.36. The smallest absolute Gasteiger partial charge is 0.333 e. The van der Waals surface area contributed by atoms with Gasteiger partial charge in [-0.15, -0.1) is 0 Å². The maximum absolute atomic E-state index is 13.1. The van der Waals surface area contributed by atoms with Crippen molar-refractivity contribution in [3.63, 3.8) is 0 Å². The van der Waals surface area contributed by atoms with Crippen LogP contribution in [0.5, 0.6) is 0 Å². The molecular formula is C29H40O14. The van der Waals surface area contributed by atoms with Crippen LogP contribution in [0.3, 0.4) is 0 Å². The van der Waals surface area contributed by atoms with E-state index >= 15 is 0 Å². The highest BCUT2D eigenvalue weighted by Crippen LogP contribution is 2.35. The van der Waals surface area contributed by atoms with Gasteiger partial charge in [0.2, 0.25) is 0 Å². The molecule has 4 aliphatic rings. The number of aliphatic carboxylic acids is 1. The maximum atomic E-state index is 13.1. The number of hydrogen-bond donors (Lipinski definition) is 6. The Bertz CT molecular complexity index is 1070. The summed E-state index contributed by atoms with van der Waals surface area (Å²) in [4.78, 5) is 25.4. The highest BCUT2D eigenvalue weighted by atomic mass is 16.7. The lowest BCUT2D eigenvalue weighted by Gasteiger charge is -2.46. The number of carboxylic acid groups (broad SMARTS) is 1. The van der Waals surface area contributed by atoms with Crippen LogP contribution in [-0.2, 0) is 44.4 Å². The molecule has 3 aliphatic heterocycles. The van der Waals surface area contributed by atoms with Gasteiger partial charge in [-0.1, -0.05) is 43.2 Å². The third-order valence-corrected chi connectivity index (χ3v) is 8.49. The summed E-state index contributed by atoms with van der Waals surface area (Å²) in [5.41, 5.74) is 0.658. The molecule has 0 spiro atoms. The summed E-state index contributed by atoms with van der Waals surface area (Å²) in [7, 11) is 0. The van der Waals surface area contributed by atoms with Crippen LogP contribution in [0.1, 0.15) is 44.1 Å². The Morgan fingerprint density at radius 1 is 0.837 bits per heavy atom. The van der Waals surface area contributed by atoms with E-state index in [2.05, 4.69) is 0 Å². The van der Waals surface area contributed by atoms with Crippen molar-refractivity contribution < 1.29 is 68.6 Å². The van der Waals surface area contributed by atoms with Crippen LogP contribution in [0.15, 0.2) is 30.3 Å². The van der Waals surface area contributed by atoms with Gasteiger partial charge in [0.05, 0.1) is 24.9 Å². The fourth-order valence-electron chi connectivity index (χ4n) is 6.10. The van der Waals surface area contributed by atoms with Gasteiger partial charge >= 0.3 is 11.9 Å². The molecule has 240 valence electrons. The number of hydrogen-bond acceptors (Lipinski definition) is 13. The first-order chi connectivity index (χ1) is 20.7. The zero-order chi connectivity index (χ0) is 30.7. The van der Waals surface area contributed by atoms with Crippen LogP contribution in [0.2, 0.25) is 0 Å². The molecular weight excluding hydrogens is 572 g/mol. The largest absolute Gasteiger partial charge is 0.479 e. The minimum absolute atomic E-state index is 0.0578. The third-order valence-electron chi connectivity index (χ3n) is 8.49. The highest BCUT2D eigenvalue weighted by molar-refractivity contribution is 5.73. The van der Waals surface area contributed by atoms with Gasteiger partial charge in [0, 0.05) is 12.8 Å². The highest BCUT2D eigenvalue weighted by Gasteiger charge is 2.52. The predicted molar refractivity (Wildman–Crippen MR) is 142 cm³/mol. The number of rotatable bonds is 6. The number of carbonyl (C=O) groups excluding carboxylic acids is 1. The van der Waals surface area contributed by atoms with Gasteiger partial charge in [-0.25, -0.2) is 4.79 Å². The summed E-state index contributed by atoms with van der Waals surface area (Å²) in [6.07, 6.45) is -15.1. The lowest BCUT2D eigenvalue weighted by atomic mass is 9.93. The van der Waals surface area contributed by atoms with Crippen molar-refractivity contribution in [3.8, 4) is 0 Å². The Balaban J connectivity index is 1.46. The summed E-state index contributed by atoms with van der Waals surface area (Å²) >= 11 is 0. The van der Waals surface area contributed by atoms with Crippen LogP contribution in [0.4, 0.5) is 0 Å². The lowest BCUT2D eigenvalue weighted by molar-refractivity contribution is -0.344. The van der Waals surface area contributed by atoms with Crippen LogP contribution < -0.4 is 0 Å². The van der Waals surface area contributed by atoms with E-state index in [1.807, 2.05) is 0 Å². The standard InChI is InChI=1S/C29H40O14/c30-13-19-22(33)25(38-18(27(36)37)12-14-6-2-1-3-7-14)26-29(42-19)40-16-9-5-4-8-15(16)39-28-24(35)23(34)21(32)17(41-28)10-11-20(31)43-26/h1-3,6-7,15-19,21-26,28-30,32-35H,4-5,8-13H2,(H,36,37)/t15-,16-,17+,18+,19+,21-,22+,23+,24+,25+,26-,28-,29-/m1/s1. The predicted octanol–water partition coefficient (Wildman–Crippen LogP) is -0.997. The van der Waals surface area contributed by atoms with Gasteiger partial charge < -0.3 is 59.1 Å². The molecule has 3 heterocycles. The van der Waals surface area contributed by atoms with Crippen molar-refractivity contribution in [2.24, 2.45) is 0 Å². The molecule has 0 aromatic heterocycles. The van der Waals surface area contributed by atoms with Gasteiger partial charge in [-0.3, -0.25) is 4.79 Å². The van der Waals surface area contributed by atoms with E-state index in [1.54, 1.807) is 30.3 Å². The first kappa shape index (κ1) is 32.2. The number of carbonyl (C=O) groups is 2. The SMILES string of the molecule is O=C1CC[C@@H]2O[C@@H](O[C@@H]3CCCC[C@H]3O[C@@H]3O[C@@H](CO)[C@H](O)[C@H](O[C@@H](Cc4ccccc4)C(=O)O)[C@H]3O1)[C@@H](O)[C@@H](O)[C@@H]2O. The molecule has 1 aromatic rings. The summed E-state index contributed by atoms with van der Waals surface area (Å²) in [5, 5.41) is 62.7. The Hall–Kier alpha value is -2.24. The topological polar surface area (TPSA) is 211 Å². The van der Waals surface area contributed by atoms with Gasteiger partial charge in [0.15, 0.2) is 24.8 Å². The number of fused-ring (bicyclic) bond motifs is 4. The fourth-order valence-corrected chi connectivity index (χ4v) is 6.10. The van der Waals surface area contributed by atoms with Gasteiger partial charge in [0.25, 0.3) is 0 Å². The average molecular weight is 613 g/mol. The van der Waals surface area contributed by atoms with Crippen molar-refractivity contribution >= 4 is 11.9 Å². The molecule has 14 heteroatoms. The normalized spacial score (nSPS) is 41.3. The van der Waals surface area contributed by atoms with Crippen molar-refractivity contribution in [2.45, 2.75) is 125 Å². The second-order valence-corrected chi connectivity index (χ2v) is 11.5. The molecule has 0 amide bonds. The molecule has 3 saturated heterocycles. The van der Waals surface area contributed by atoms with E-state index in [0.717, 1.165) is 12.8 Å². The molecule has 4 fully saturated rings. The summed E-state index contributed by atoms with van der Waals surface area (Å²) < 4.78 is 35.7. The van der Waals surface area contributed by atoms with E-state index in [9.17, 15) is 40.2 Å². The Labute approximate surface area is 248 Å². The zero-order valence-corrected chi connectivity index (χ0v) is 23.5. The fraction of sp³-hybridized carbons (Fsp3) is 0.724. The average Bonchev–Trinajstić information content (AvgIpc) is 3.01. The Morgan fingerprint density at radius 2 is 1.49 bits per heavy atom. The van der Waals surface area contributed by atoms with Crippen molar-refractivity contribution in [1.82, 2.24) is 0 Å². The molecule has 6 N–H and O–H groups in total. The number of ether oxygens (including phenoxy) is 6. The van der Waals surface area contributed by atoms with E-state index in [0.29, 0.717) is 18.4 Å². The number of carboxylic acids is 1. The molecule has 0 radical (unpaired) electrons. The quantitative estimate of drug-likeness (QED) is 0.213. The van der Waals surface area contributed by atoms with Crippen LogP contribution in [0.25, 0.3) is 0 Å². The van der Waals surface area contributed by atoms with Crippen LogP contribution in [0, 0.1) is 0 Å². The summed E-state index contributed by atoms with van der Waals surface area (Å²) in [6.45, 7) is -0.665. The first-order valence-electron chi connectivity index (χ1n) is 14.7. The number of esters is 1. The molecule has 14 nitrogen and oxygen atoms in total. The molecule has 13 atom stereocenters. The summed E-state index contributed by atoms with van der Waals surface area (Å²) in [6, 6.07) is 8.73. The van der Waals surface area contributed by atoms with Gasteiger partial charge in [-0.2, -0.15) is 0 Å². The maximum Gasteiger partial charge on any atom is 0.333 e. The molecule has 0 unspecified atom stereocenters. The summed E-state index contributed by atoms with van der Waals surface area (Å²) in [5.74, 6) is -2.14. The lowest BCUT2D eigenvalue weighted by Crippen LogP contribution is -2.63. The molecule has 1 aliphatic carbocycles. The molecule has 1 aromatic carbocycles. The molecule has 5 rings (SSSR count).